The first-order chi connectivity index (χ1) is 8.90. The Morgan fingerprint density at radius 3 is 2.74 bits per heavy atom. The highest BCUT2D eigenvalue weighted by Crippen LogP contribution is 2.21. The van der Waals surface area contributed by atoms with Crippen LogP contribution >= 0.6 is 11.5 Å². The van der Waals surface area contributed by atoms with Gasteiger partial charge in [-0.05, 0) is 24.6 Å². The molecule has 0 saturated carbocycles. The molecular formula is C10H9N3O4S2. The molecule has 0 atom stereocenters. The summed E-state index contributed by atoms with van der Waals surface area (Å²) in [5, 5.41) is 12.7. The van der Waals surface area contributed by atoms with Gasteiger partial charge in [0, 0.05) is 11.5 Å². The van der Waals surface area contributed by atoms with Gasteiger partial charge >= 0.3 is 5.97 Å². The van der Waals surface area contributed by atoms with Crippen LogP contribution in [-0.4, -0.2) is 29.1 Å². The zero-order valence-corrected chi connectivity index (χ0v) is 11.3. The Bertz CT molecular complexity index is 710. The van der Waals surface area contributed by atoms with Gasteiger partial charge in [0.25, 0.3) is 10.0 Å². The Morgan fingerprint density at radius 1 is 1.42 bits per heavy atom. The molecule has 2 aromatic rings. The zero-order chi connectivity index (χ0) is 14.0. The van der Waals surface area contributed by atoms with E-state index in [1.807, 2.05) is 0 Å². The number of aryl methyl sites for hydroxylation is 1. The lowest BCUT2D eigenvalue weighted by Crippen LogP contribution is -2.14. The van der Waals surface area contributed by atoms with Crippen molar-refractivity contribution in [2.75, 3.05) is 4.72 Å². The average molecular weight is 299 g/mol. The minimum atomic E-state index is -3.85. The number of carbonyl (C=O) groups is 1. The second kappa shape index (κ2) is 4.94. The maximum absolute atomic E-state index is 12.1. The van der Waals surface area contributed by atoms with Gasteiger partial charge in [0.1, 0.15) is 5.00 Å². The van der Waals surface area contributed by atoms with Crippen molar-refractivity contribution >= 4 is 32.5 Å². The predicted molar refractivity (Wildman–Crippen MR) is 68.9 cm³/mol. The van der Waals surface area contributed by atoms with Crippen LogP contribution in [0.15, 0.2) is 29.3 Å². The van der Waals surface area contributed by atoms with Crippen molar-refractivity contribution in [1.82, 2.24) is 9.59 Å². The molecule has 0 bridgehead atoms. The van der Waals surface area contributed by atoms with E-state index in [1.165, 1.54) is 18.3 Å². The van der Waals surface area contributed by atoms with E-state index in [0.717, 1.165) is 17.6 Å². The number of aromatic carboxylic acids is 1. The Balaban J connectivity index is 2.45. The second-order valence-electron chi connectivity index (χ2n) is 3.67. The number of sulfonamides is 1. The fraction of sp³-hybridized carbons (Fsp3) is 0.100. The monoisotopic (exact) mass is 299 g/mol. The molecule has 0 radical (unpaired) electrons. The number of carboxylic acid groups (broad SMARTS) is 1. The Morgan fingerprint density at radius 2 is 2.16 bits per heavy atom. The first-order valence-electron chi connectivity index (χ1n) is 5.04. The summed E-state index contributed by atoms with van der Waals surface area (Å²) in [5.41, 5.74) is 0.364. The zero-order valence-electron chi connectivity index (χ0n) is 9.69. The van der Waals surface area contributed by atoms with Crippen molar-refractivity contribution in [2.24, 2.45) is 0 Å². The molecule has 9 heteroatoms. The molecule has 1 aromatic carbocycles. The number of rotatable bonds is 4. The fourth-order valence-corrected chi connectivity index (χ4v) is 3.38. The smallest absolute Gasteiger partial charge is 0.335 e. The molecule has 100 valence electrons. The van der Waals surface area contributed by atoms with Crippen LogP contribution in [0.2, 0.25) is 0 Å². The van der Waals surface area contributed by atoms with Crippen LogP contribution in [0.25, 0.3) is 0 Å². The minimum absolute atomic E-state index is 0.0826. The van der Waals surface area contributed by atoms with E-state index in [-0.39, 0.29) is 15.5 Å². The maximum Gasteiger partial charge on any atom is 0.335 e. The lowest BCUT2D eigenvalue weighted by Gasteiger charge is -2.09. The van der Waals surface area contributed by atoms with Gasteiger partial charge in [0.2, 0.25) is 0 Å². The average Bonchev–Trinajstić information content (AvgIpc) is 2.81. The number of hydrogen-bond acceptors (Lipinski definition) is 6. The summed E-state index contributed by atoms with van der Waals surface area (Å²) in [6.07, 6.45) is 1.28. The van der Waals surface area contributed by atoms with E-state index in [2.05, 4.69) is 14.3 Å². The van der Waals surface area contributed by atoms with E-state index >= 15 is 0 Å². The standard InChI is InChI=1S/C10H9N3O4S2/c1-6-2-3-7(10(14)15)4-8(6)19(16,17)12-9-5-11-13-18-9/h2-5,12H,1H3,(H,14,15). The van der Waals surface area contributed by atoms with Gasteiger partial charge in [0.15, 0.2) is 0 Å². The molecule has 0 spiro atoms. The first kappa shape index (κ1) is 13.4. The SMILES string of the molecule is Cc1ccc(C(=O)O)cc1S(=O)(=O)Nc1cnns1. The second-order valence-corrected chi connectivity index (χ2v) is 6.11. The van der Waals surface area contributed by atoms with Gasteiger partial charge < -0.3 is 5.11 Å². The van der Waals surface area contributed by atoms with Gasteiger partial charge in [-0.3, -0.25) is 4.72 Å². The molecule has 2 N–H and O–H groups in total. The van der Waals surface area contributed by atoms with Crippen LogP contribution in [0.3, 0.4) is 0 Å². The molecule has 0 aliphatic carbocycles. The predicted octanol–water partition coefficient (Wildman–Crippen LogP) is 1.35. The van der Waals surface area contributed by atoms with E-state index in [1.54, 1.807) is 6.92 Å². The van der Waals surface area contributed by atoms with Gasteiger partial charge in [0.05, 0.1) is 16.7 Å². The normalized spacial score (nSPS) is 11.2. The fourth-order valence-electron chi connectivity index (χ4n) is 1.42. The van der Waals surface area contributed by atoms with Crippen LogP contribution in [-0.2, 0) is 10.0 Å². The van der Waals surface area contributed by atoms with Crippen LogP contribution in [0, 0.1) is 6.92 Å². The summed E-state index contributed by atoms with van der Waals surface area (Å²) < 4.78 is 30.1. The number of aromatic nitrogens is 2. The first-order valence-corrected chi connectivity index (χ1v) is 7.30. The van der Waals surface area contributed by atoms with Crippen LogP contribution in [0.5, 0.6) is 0 Å². The van der Waals surface area contributed by atoms with Crippen molar-refractivity contribution in [3.63, 3.8) is 0 Å². The highest BCUT2D eigenvalue weighted by molar-refractivity contribution is 7.93. The van der Waals surface area contributed by atoms with Crippen molar-refractivity contribution in [1.29, 1.82) is 0 Å². The summed E-state index contributed by atoms with van der Waals surface area (Å²) in [6, 6.07) is 3.92. The van der Waals surface area contributed by atoms with Gasteiger partial charge in [-0.25, -0.2) is 13.2 Å². The summed E-state index contributed by atoms with van der Waals surface area (Å²) in [4.78, 5) is 10.8. The summed E-state index contributed by atoms with van der Waals surface area (Å²) >= 11 is 0.893. The number of benzene rings is 1. The van der Waals surface area contributed by atoms with Crippen molar-refractivity contribution in [3.05, 3.63) is 35.5 Å². The minimum Gasteiger partial charge on any atom is -0.478 e. The van der Waals surface area contributed by atoms with Crippen molar-refractivity contribution in [3.8, 4) is 0 Å². The molecule has 1 aromatic heterocycles. The Kier molecular flexibility index (Phi) is 3.49. The van der Waals surface area contributed by atoms with Gasteiger partial charge in [-0.2, -0.15) is 0 Å². The topological polar surface area (TPSA) is 109 Å². The molecule has 0 amide bonds. The molecule has 7 nitrogen and oxygen atoms in total. The molecule has 19 heavy (non-hydrogen) atoms. The van der Waals surface area contributed by atoms with E-state index in [4.69, 9.17) is 5.11 Å². The molecule has 0 aliphatic heterocycles. The van der Waals surface area contributed by atoms with Crippen molar-refractivity contribution in [2.45, 2.75) is 11.8 Å². The molecule has 0 fully saturated rings. The van der Waals surface area contributed by atoms with E-state index < -0.39 is 16.0 Å². The maximum atomic E-state index is 12.1. The number of nitrogens with one attached hydrogen (secondary N) is 1. The number of anilines is 1. The molecule has 2 rings (SSSR count). The molecule has 0 aliphatic rings. The quantitative estimate of drug-likeness (QED) is 0.881. The molecular weight excluding hydrogens is 290 g/mol. The third-order valence-corrected chi connectivity index (χ3v) is 4.54. The molecule has 0 unspecified atom stereocenters. The van der Waals surface area contributed by atoms with Crippen molar-refractivity contribution < 1.29 is 18.3 Å². The summed E-state index contributed by atoms with van der Waals surface area (Å²) in [6.45, 7) is 1.59. The Labute approximate surface area is 113 Å². The molecule has 1 heterocycles. The lowest BCUT2D eigenvalue weighted by molar-refractivity contribution is 0.0696. The van der Waals surface area contributed by atoms with Gasteiger partial charge in [-0.1, -0.05) is 10.6 Å². The number of carboxylic acids is 1. The third-order valence-electron chi connectivity index (χ3n) is 2.32. The highest BCUT2D eigenvalue weighted by atomic mass is 32.2. The van der Waals surface area contributed by atoms with E-state index in [9.17, 15) is 13.2 Å². The highest BCUT2D eigenvalue weighted by Gasteiger charge is 2.19. The molecule has 0 saturated heterocycles. The van der Waals surface area contributed by atoms with E-state index in [0.29, 0.717) is 5.56 Å². The summed E-state index contributed by atoms with van der Waals surface area (Å²) in [7, 11) is -3.85. The largest absolute Gasteiger partial charge is 0.478 e. The third kappa shape index (κ3) is 2.88. The van der Waals surface area contributed by atoms with Crippen LogP contribution in [0.4, 0.5) is 5.00 Å². The van der Waals surface area contributed by atoms with Gasteiger partial charge in [-0.15, -0.1) is 5.10 Å². The van der Waals surface area contributed by atoms with Crippen LogP contribution in [0.1, 0.15) is 15.9 Å². The van der Waals surface area contributed by atoms with Crippen LogP contribution < -0.4 is 4.72 Å². The Hall–Kier alpha value is -2.00. The number of hydrogen-bond donors (Lipinski definition) is 2. The summed E-state index contributed by atoms with van der Waals surface area (Å²) in [5.74, 6) is -1.18. The number of nitrogens with zero attached hydrogens (tertiary/aromatic N) is 2. The lowest BCUT2D eigenvalue weighted by atomic mass is 10.1.